The van der Waals surface area contributed by atoms with Gasteiger partial charge in [-0.1, -0.05) is 32.1 Å². The van der Waals surface area contributed by atoms with Gasteiger partial charge in [-0.15, -0.1) is 0 Å². The summed E-state index contributed by atoms with van der Waals surface area (Å²) in [5.41, 5.74) is 5.85. The minimum atomic E-state index is 0.220. The van der Waals surface area contributed by atoms with Crippen LogP contribution in [0.15, 0.2) is 0 Å². The summed E-state index contributed by atoms with van der Waals surface area (Å²) in [6.07, 6.45) is 9.63. The molecule has 0 unspecified atom stereocenters. The van der Waals surface area contributed by atoms with Crippen LogP contribution in [0.25, 0.3) is 0 Å². The molecule has 3 nitrogen and oxygen atoms in total. The molecule has 1 saturated carbocycles. The van der Waals surface area contributed by atoms with Crippen LogP contribution in [0, 0.1) is 5.92 Å². The molecule has 0 aromatic carbocycles. The Balaban J connectivity index is 1.86. The second-order valence-electron chi connectivity index (χ2n) is 5.38. The Morgan fingerprint density at radius 2 is 1.62 bits per heavy atom. The van der Waals surface area contributed by atoms with Crippen molar-refractivity contribution < 1.29 is 4.79 Å². The summed E-state index contributed by atoms with van der Waals surface area (Å²) in [6, 6.07) is 0.220. The van der Waals surface area contributed by atoms with Gasteiger partial charge < -0.3 is 10.6 Å². The highest BCUT2D eigenvalue weighted by molar-refractivity contribution is 5.79. The molecule has 92 valence electrons. The van der Waals surface area contributed by atoms with Crippen LogP contribution in [-0.2, 0) is 4.79 Å². The van der Waals surface area contributed by atoms with Crippen molar-refractivity contribution >= 4 is 5.91 Å². The molecule has 3 heteroatoms. The lowest BCUT2D eigenvalue weighted by atomic mass is 9.90. The standard InChI is InChI=1S/C13H24N2O/c14-12-8-9-15(10-12)13(16)11-6-4-2-1-3-5-7-11/h11-12H,1-10,14H2/t12-/m1/s1. The van der Waals surface area contributed by atoms with Gasteiger partial charge in [-0.2, -0.15) is 0 Å². The molecule has 0 aromatic rings. The second-order valence-corrected chi connectivity index (χ2v) is 5.38. The molecule has 1 aliphatic carbocycles. The van der Waals surface area contributed by atoms with Crippen LogP contribution in [0.2, 0.25) is 0 Å². The van der Waals surface area contributed by atoms with Gasteiger partial charge in [-0.25, -0.2) is 0 Å². The maximum absolute atomic E-state index is 12.3. The Bertz CT molecular complexity index is 234. The van der Waals surface area contributed by atoms with Crippen LogP contribution in [-0.4, -0.2) is 29.9 Å². The lowest BCUT2D eigenvalue weighted by Crippen LogP contribution is -2.36. The third-order valence-corrected chi connectivity index (χ3v) is 3.99. The summed E-state index contributed by atoms with van der Waals surface area (Å²) in [6.45, 7) is 1.67. The third kappa shape index (κ3) is 2.97. The highest BCUT2D eigenvalue weighted by atomic mass is 16.2. The Kier molecular flexibility index (Phi) is 4.22. The van der Waals surface area contributed by atoms with Crippen molar-refractivity contribution in [3.8, 4) is 0 Å². The van der Waals surface area contributed by atoms with Crippen molar-refractivity contribution in [3.05, 3.63) is 0 Å². The second kappa shape index (κ2) is 5.67. The van der Waals surface area contributed by atoms with Gasteiger partial charge in [0.15, 0.2) is 0 Å². The topological polar surface area (TPSA) is 46.3 Å². The largest absolute Gasteiger partial charge is 0.341 e. The number of carbonyl (C=O) groups excluding carboxylic acids is 1. The summed E-state index contributed by atoms with van der Waals surface area (Å²) < 4.78 is 0. The van der Waals surface area contributed by atoms with Crippen LogP contribution in [0.1, 0.15) is 51.4 Å². The molecule has 0 aromatic heterocycles. The molecule has 1 amide bonds. The van der Waals surface area contributed by atoms with E-state index >= 15 is 0 Å². The van der Waals surface area contributed by atoms with E-state index in [-0.39, 0.29) is 6.04 Å². The first-order chi connectivity index (χ1) is 7.77. The zero-order valence-electron chi connectivity index (χ0n) is 10.2. The molecule has 2 rings (SSSR count). The first-order valence-electron chi connectivity index (χ1n) is 6.82. The van der Waals surface area contributed by atoms with Gasteiger partial charge in [-0.3, -0.25) is 4.79 Å². The molecule has 1 atom stereocenters. The zero-order valence-corrected chi connectivity index (χ0v) is 10.2. The molecule has 16 heavy (non-hydrogen) atoms. The Morgan fingerprint density at radius 1 is 1.00 bits per heavy atom. The number of rotatable bonds is 1. The minimum Gasteiger partial charge on any atom is -0.341 e. The molecule has 1 saturated heterocycles. The Labute approximate surface area is 98.4 Å². The maximum atomic E-state index is 12.3. The number of carbonyl (C=O) groups is 1. The summed E-state index contributed by atoms with van der Waals surface area (Å²) in [5, 5.41) is 0. The number of hydrogen-bond donors (Lipinski definition) is 1. The SMILES string of the molecule is N[C@@H]1CCN(C(=O)C2CCCCCCC2)C1. The molecule has 0 bridgehead atoms. The van der Waals surface area contributed by atoms with E-state index in [1.54, 1.807) is 0 Å². The quantitative estimate of drug-likeness (QED) is 0.739. The average molecular weight is 224 g/mol. The van der Waals surface area contributed by atoms with Crippen LogP contribution in [0.5, 0.6) is 0 Å². The minimum absolute atomic E-state index is 0.220. The Morgan fingerprint density at radius 3 is 2.19 bits per heavy atom. The number of likely N-dealkylation sites (tertiary alicyclic amines) is 1. The van der Waals surface area contributed by atoms with E-state index < -0.39 is 0 Å². The first-order valence-corrected chi connectivity index (χ1v) is 6.82. The Hall–Kier alpha value is -0.570. The van der Waals surface area contributed by atoms with Crippen molar-refractivity contribution in [2.24, 2.45) is 11.7 Å². The van der Waals surface area contributed by atoms with Crippen LogP contribution in [0.4, 0.5) is 0 Å². The smallest absolute Gasteiger partial charge is 0.225 e. The van der Waals surface area contributed by atoms with Gasteiger partial charge >= 0.3 is 0 Å². The van der Waals surface area contributed by atoms with Crippen molar-refractivity contribution in [2.45, 2.75) is 57.4 Å². The van der Waals surface area contributed by atoms with Gasteiger partial charge in [0.25, 0.3) is 0 Å². The van der Waals surface area contributed by atoms with E-state index in [2.05, 4.69) is 0 Å². The monoisotopic (exact) mass is 224 g/mol. The molecule has 2 aliphatic rings. The van der Waals surface area contributed by atoms with Crippen molar-refractivity contribution in [3.63, 3.8) is 0 Å². The van der Waals surface area contributed by atoms with E-state index in [4.69, 9.17) is 5.73 Å². The van der Waals surface area contributed by atoms with E-state index in [1.807, 2.05) is 4.90 Å². The van der Waals surface area contributed by atoms with Crippen molar-refractivity contribution in [1.29, 1.82) is 0 Å². The van der Waals surface area contributed by atoms with Gasteiger partial charge in [0.1, 0.15) is 0 Å². The summed E-state index contributed by atoms with van der Waals surface area (Å²) in [7, 11) is 0. The van der Waals surface area contributed by atoms with E-state index in [0.29, 0.717) is 11.8 Å². The maximum Gasteiger partial charge on any atom is 0.225 e. The molecule has 0 spiro atoms. The molecule has 1 aliphatic heterocycles. The number of hydrogen-bond acceptors (Lipinski definition) is 2. The molecule has 1 heterocycles. The first kappa shape index (κ1) is 11.9. The molecular weight excluding hydrogens is 200 g/mol. The van der Waals surface area contributed by atoms with E-state index in [0.717, 1.165) is 32.4 Å². The average Bonchev–Trinajstić information content (AvgIpc) is 2.63. The number of nitrogens with zero attached hydrogens (tertiary/aromatic N) is 1. The van der Waals surface area contributed by atoms with Crippen molar-refractivity contribution in [2.75, 3.05) is 13.1 Å². The van der Waals surface area contributed by atoms with Crippen molar-refractivity contribution in [1.82, 2.24) is 4.90 Å². The fraction of sp³-hybridized carbons (Fsp3) is 0.923. The molecular formula is C13H24N2O. The predicted octanol–water partition coefficient (Wildman–Crippen LogP) is 1.91. The van der Waals surface area contributed by atoms with E-state index in [9.17, 15) is 4.79 Å². The van der Waals surface area contributed by atoms with Gasteiger partial charge in [0, 0.05) is 25.0 Å². The molecule has 2 N–H and O–H groups in total. The van der Waals surface area contributed by atoms with Crippen LogP contribution in [0.3, 0.4) is 0 Å². The van der Waals surface area contributed by atoms with Crippen LogP contribution >= 0.6 is 0 Å². The van der Waals surface area contributed by atoms with Crippen LogP contribution < -0.4 is 5.73 Å². The zero-order chi connectivity index (χ0) is 11.4. The third-order valence-electron chi connectivity index (χ3n) is 3.99. The molecule has 0 radical (unpaired) electrons. The van der Waals surface area contributed by atoms with Gasteiger partial charge in [0.05, 0.1) is 0 Å². The van der Waals surface area contributed by atoms with Gasteiger partial charge in [-0.05, 0) is 19.3 Å². The fourth-order valence-electron chi connectivity index (χ4n) is 2.95. The predicted molar refractivity (Wildman–Crippen MR) is 65.0 cm³/mol. The lowest BCUT2D eigenvalue weighted by Gasteiger charge is -2.24. The normalized spacial score (nSPS) is 28.8. The number of nitrogens with two attached hydrogens (primary N) is 1. The van der Waals surface area contributed by atoms with E-state index in [1.165, 1.54) is 32.1 Å². The summed E-state index contributed by atoms with van der Waals surface area (Å²) in [5.74, 6) is 0.681. The number of amides is 1. The summed E-state index contributed by atoms with van der Waals surface area (Å²) in [4.78, 5) is 14.3. The highest BCUT2D eigenvalue weighted by Gasteiger charge is 2.29. The van der Waals surface area contributed by atoms with Gasteiger partial charge in [0.2, 0.25) is 5.91 Å². The summed E-state index contributed by atoms with van der Waals surface area (Å²) >= 11 is 0. The lowest BCUT2D eigenvalue weighted by molar-refractivity contribution is -0.135. The fourth-order valence-corrected chi connectivity index (χ4v) is 2.95. The highest BCUT2D eigenvalue weighted by Crippen LogP contribution is 2.25. The molecule has 2 fully saturated rings.